The van der Waals surface area contributed by atoms with Gasteiger partial charge in [-0.15, -0.1) is 0 Å². The topological polar surface area (TPSA) is 53.1 Å². The summed E-state index contributed by atoms with van der Waals surface area (Å²) < 4.78 is 7.82. The summed E-state index contributed by atoms with van der Waals surface area (Å²) in [6.07, 6.45) is 10.8. The van der Waals surface area contributed by atoms with Crippen molar-refractivity contribution in [3.05, 3.63) is 18.2 Å². The summed E-state index contributed by atoms with van der Waals surface area (Å²) in [5, 5.41) is 0. The largest absolute Gasteiger partial charge is 0.381 e. The Morgan fingerprint density at radius 1 is 1.20 bits per heavy atom. The monoisotopic (exact) mass is 275 g/mol. The van der Waals surface area contributed by atoms with Crippen molar-refractivity contribution in [2.75, 3.05) is 13.2 Å². The van der Waals surface area contributed by atoms with Crippen LogP contribution < -0.4 is 5.73 Å². The number of nitrogens with two attached hydrogens (primary N) is 1. The highest BCUT2D eigenvalue weighted by molar-refractivity contribution is 5.08. The van der Waals surface area contributed by atoms with Crippen LogP contribution in [0, 0.1) is 23.7 Å². The van der Waals surface area contributed by atoms with E-state index in [1.165, 1.54) is 31.4 Å². The van der Waals surface area contributed by atoms with Gasteiger partial charge in [0, 0.05) is 25.3 Å². The van der Waals surface area contributed by atoms with Crippen molar-refractivity contribution in [3.63, 3.8) is 0 Å². The summed E-state index contributed by atoms with van der Waals surface area (Å²) in [5.41, 5.74) is 7.68. The maximum atomic E-state index is 6.46. The summed E-state index contributed by atoms with van der Waals surface area (Å²) in [4.78, 5) is 4.37. The minimum Gasteiger partial charge on any atom is -0.381 e. The fourth-order valence-corrected chi connectivity index (χ4v) is 3.80. The third kappa shape index (κ3) is 2.51. The number of hydrogen-bond acceptors (Lipinski definition) is 3. The van der Waals surface area contributed by atoms with Crippen LogP contribution in [0.5, 0.6) is 0 Å². The molecule has 110 valence electrons. The quantitative estimate of drug-likeness (QED) is 0.867. The van der Waals surface area contributed by atoms with Crippen LogP contribution >= 0.6 is 0 Å². The van der Waals surface area contributed by atoms with Gasteiger partial charge in [-0.3, -0.25) is 0 Å². The predicted molar refractivity (Wildman–Crippen MR) is 77.0 cm³/mol. The van der Waals surface area contributed by atoms with Gasteiger partial charge in [-0.25, -0.2) is 4.98 Å². The van der Waals surface area contributed by atoms with Crippen molar-refractivity contribution in [1.29, 1.82) is 0 Å². The summed E-state index contributed by atoms with van der Waals surface area (Å²) >= 11 is 0. The summed E-state index contributed by atoms with van der Waals surface area (Å²) in [7, 11) is 0. The Morgan fingerprint density at radius 2 is 1.95 bits per heavy atom. The molecule has 1 saturated heterocycles. The molecule has 2 N–H and O–H groups in total. The average molecular weight is 275 g/mol. The maximum Gasteiger partial charge on any atom is 0.0948 e. The van der Waals surface area contributed by atoms with Crippen LogP contribution in [0.4, 0.5) is 0 Å². The van der Waals surface area contributed by atoms with E-state index in [0.717, 1.165) is 43.9 Å². The highest BCUT2D eigenvalue weighted by Crippen LogP contribution is 2.50. The first-order valence-corrected chi connectivity index (χ1v) is 8.16. The molecule has 3 fully saturated rings. The van der Waals surface area contributed by atoms with Crippen molar-refractivity contribution < 1.29 is 4.74 Å². The second kappa shape index (κ2) is 5.15. The lowest BCUT2D eigenvalue weighted by molar-refractivity contribution is 0.180. The zero-order valence-corrected chi connectivity index (χ0v) is 12.1. The molecule has 0 aromatic carbocycles. The van der Waals surface area contributed by atoms with E-state index in [4.69, 9.17) is 10.5 Å². The van der Waals surface area contributed by atoms with E-state index in [0.29, 0.717) is 5.92 Å². The lowest BCUT2D eigenvalue weighted by Gasteiger charge is -2.22. The van der Waals surface area contributed by atoms with Crippen molar-refractivity contribution in [2.24, 2.45) is 29.4 Å². The molecule has 3 aliphatic rings. The van der Waals surface area contributed by atoms with Crippen molar-refractivity contribution in [3.8, 4) is 0 Å². The Balaban J connectivity index is 1.48. The van der Waals surface area contributed by atoms with E-state index in [1.54, 1.807) is 0 Å². The normalized spacial score (nSPS) is 28.2. The minimum absolute atomic E-state index is 0.0825. The van der Waals surface area contributed by atoms with Crippen LogP contribution in [-0.2, 0) is 11.3 Å². The minimum atomic E-state index is 0.0825. The molecular formula is C16H25N3O. The van der Waals surface area contributed by atoms with Gasteiger partial charge in [0.15, 0.2) is 0 Å². The van der Waals surface area contributed by atoms with Gasteiger partial charge in [0.2, 0.25) is 0 Å². The molecule has 0 spiro atoms. The van der Waals surface area contributed by atoms with Gasteiger partial charge in [-0.2, -0.15) is 0 Å². The van der Waals surface area contributed by atoms with E-state index in [1.807, 2.05) is 12.5 Å². The predicted octanol–water partition coefficient (Wildman–Crippen LogP) is 2.36. The number of imidazole rings is 1. The zero-order valence-electron chi connectivity index (χ0n) is 12.1. The van der Waals surface area contributed by atoms with Gasteiger partial charge in [-0.05, 0) is 49.9 Å². The Labute approximate surface area is 120 Å². The lowest BCUT2D eigenvalue weighted by Crippen LogP contribution is -2.26. The number of hydrogen-bond donors (Lipinski definition) is 1. The van der Waals surface area contributed by atoms with Crippen molar-refractivity contribution in [1.82, 2.24) is 9.55 Å². The molecule has 20 heavy (non-hydrogen) atoms. The molecular weight excluding hydrogens is 250 g/mol. The van der Waals surface area contributed by atoms with Crippen LogP contribution in [0.25, 0.3) is 0 Å². The molecule has 4 rings (SSSR count). The van der Waals surface area contributed by atoms with Gasteiger partial charge in [0.25, 0.3) is 0 Å². The summed E-state index contributed by atoms with van der Waals surface area (Å²) in [6.45, 7) is 2.80. The molecule has 1 aromatic heterocycles. The average Bonchev–Trinajstić information content (AvgIpc) is 3.38. The van der Waals surface area contributed by atoms with Crippen LogP contribution in [0.15, 0.2) is 12.5 Å². The molecule has 1 aromatic rings. The molecule has 2 unspecified atom stereocenters. The number of aromatic nitrogens is 2. The molecule has 2 atom stereocenters. The zero-order chi connectivity index (χ0) is 13.5. The second-order valence-electron chi connectivity index (χ2n) is 6.96. The van der Waals surface area contributed by atoms with E-state index >= 15 is 0 Å². The standard InChI is InChI=1S/C16H25N3O/c17-16(13-5-6-20-9-13)15-7-18-10-19(15)8-14(11-1-2-11)12-3-4-12/h7,10-14,16H,1-6,8-9,17H2. The summed E-state index contributed by atoms with van der Waals surface area (Å²) in [6, 6.07) is 0.0825. The molecule has 4 heteroatoms. The van der Waals surface area contributed by atoms with Crippen molar-refractivity contribution >= 4 is 0 Å². The SMILES string of the molecule is NC(c1cncn1CC(C1CC1)C1CC1)C1CCOC1. The van der Waals surface area contributed by atoms with E-state index in [-0.39, 0.29) is 6.04 Å². The highest BCUT2D eigenvalue weighted by Gasteiger charge is 2.41. The first-order valence-electron chi connectivity index (χ1n) is 8.16. The molecule has 4 nitrogen and oxygen atoms in total. The van der Waals surface area contributed by atoms with Gasteiger partial charge in [0.1, 0.15) is 0 Å². The van der Waals surface area contributed by atoms with Gasteiger partial charge < -0.3 is 15.0 Å². The first-order chi connectivity index (χ1) is 9.83. The number of nitrogens with zero attached hydrogens (tertiary/aromatic N) is 2. The smallest absolute Gasteiger partial charge is 0.0948 e. The molecule has 2 saturated carbocycles. The molecule has 0 radical (unpaired) electrons. The highest BCUT2D eigenvalue weighted by atomic mass is 16.5. The van der Waals surface area contributed by atoms with E-state index < -0.39 is 0 Å². The Bertz CT molecular complexity index is 446. The van der Waals surface area contributed by atoms with Crippen LogP contribution in [-0.4, -0.2) is 22.8 Å². The van der Waals surface area contributed by atoms with E-state index in [2.05, 4.69) is 9.55 Å². The first kappa shape index (κ1) is 12.8. The maximum absolute atomic E-state index is 6.46. The number of rotatable bonds is 6. The Morgan fingerprint density at radius 3 is 2.55 bits per heavy atom. The van der Waals surface area contributed by atoms with Crippen LogP contribution in [0.1, 0.15) is 43.8 Å². The fourth-order valence-electron chi connectivity index (χ4n) is 3.80. The molecule has 0 bridgehead atoms. The second-order valence-corrected chi connectivity index (χ2v) is 6.96. The molecule has 0 amide bonds. The molecule has 2 heterocycles. The van der Waals surface area contributed by atoms with Crippen molar-refractivity contribution in [2.45, 2.75) is 44.7 Å². The Kier molecular flexibility index (Phi) is 3.31. The number of ether oxygens (including phenoxy) is 1. The van der Waals surface area contributed by atoms with Crippen LogP contribution in [0.3, 0.4) is 0 Å². The van der Waals surface area contributed by atoms with E-state index in [9.17, 15) is 0 Å². The molecule has 2 aliphatic carbocycles. The fraction of sp³-hybridized carbons (Fsp3) is 0.812. The Hall–Kier alpha value is -0.870. The molecule has 1 aliphatic heterocycles. The van der Waals surface area contributed by atoms with Gasteiger partial charge in [-0.1, -0.05) is 0 Å². The van der Waals surface area contributed by atoms with Gasteiger partial charge >= 0.3 is 0 Å². The van der Waals surface area contributed by atoms with Gasteiger partial charge in [0.05, 0.1) is 24.7 Å². The third-order valence-corrected chi connectivity index (χ3v) is 5.42. The lowest BCUT2D eigenvalue weighted by atomic mass is 9.95. The third-order valence-electron chi connectivity index (χ3n) is 5.42. The van der Waals surface area contributed by atoms with Crippen LogP contribution in [0.2, 0.25) is 0 Å². The summed E-state index contributed by atoms with van der Waals surface area (Å²) in [5.74, 6) is 3.29.